The number of carboxylic acids is 1. The fraction of sp³-hybridized carbons (Fsp3) is 0.130. The lowest BCUT2D eigenvalue weighted by Crippen LogP contribution is -2.27. The lowest BCUT2D eigenvalue weighted by Gasteiger charge is -2.17. The molecule has 5 nitrogen and oxygen atoms in total. The highest BCUT2D eigenvalue weighted by atomic mass is 35.5. The van der Waals surface area contributed by atoms with E-state index in [0.717, 1.165) is 17.7 Å². The number of hydrogen-bond donors (Lipinski definition) is 2. The van der Waals surface area contributed by atoms with Crippen molar-refractivity contribution in [3.8, 4) is 5.75 Å². The zero-order valence-corrected chi connectivity index (χ0v) is 17.1. The number of rotatable bonds is 7. The van der Waals surface area contributed by atoms with Crippen molar-refractivity contribution in [3.63, 3.8) is 0 Å². The van der Waals surface area contributed by atoms with Gasteiger partial charge in [0.1, 0.15) is 12.4 Å². The highest BCUT2D eigenvalue weighted by molar-refractivity contribution is 6.31. The molecule has 3 rings (SSSR count). The summed E-state index contributed by atoms with van der Waals surface area (Å²) in [5, 5.41) is 12.2. The van der Waals surface area contributed by atoms with Crippen molar-refractivity contribution in [1.29, 1.82) is 0 Å². The van der Waals surface area contributed by atoms with E-state index in [9.17, 15) is 18.4 Å². The van der Waals surface area contributed by atoms with Crippen molar-refractivity contribution in [2.45, 2.75) is 19.6 Å². The predicted molar refractivity (Wildman–Crippen MR) is 111 cm³/mol. The summed E-state index contributed by atoms with van der Waals surface area (Å²) in [5.41, 5.74) is 1.64. The van der Waals surface area contributed by atoms with Gasteiger partial charge in [0.15, 0.2) is 11.6 Å². The SMILES string of the molecule is C[C@H](NC(=O)c1cc(Cl)ccc1COc1ccc(F)c(F)c1)c1ccc(C(=O)O)cc1. The van der Waals surface area contributed by atoms with Crippen LogP contribution in [0, 0.1) is 11.6 Å². The summed E-state index contributed by atoms with van der Waals surface area (Å²) in [7, 11) is 0. The van der Waals surface area contributed by atoms with Crippen LogP contribution in [0.5, 0.6) is 5.75 Å². The van der Waals surface area contributed by atoms with E-state index >= 15 is 0 Å². The third-order valence-corrected chi connectivity index (χ3v) is 4.84. The van der Waals surface area contributed by atoms with Gasteiger partial charge in [0.2, 0.25) is 0 Å². The molecule has 0 saturated heterocycles. The summed E-state index contributed by atoms with van der Waals surface area (Å²) in [4.78, 5) is 23.8. The van der Waals surface area contributed by atoms with Crippen LogP contribution in [0.2, 0.25) is 5.02 Å². The van der Waals surface area contributed by atoms with E-state index in [1.54, 1.807) is 31.2 Å². The fourth-order valence-corrected chi connectivity index (χ4v) is 3.06. The molecule has 0 aliphatic heterocycles. The maximum atomic E-state index is 13.4. The number of halogens is 3. The third kappa shape index (κ3) is 5.58. The molecule has 0 spiro atoms. The molecule has 0 saturated carbocycles. The van der Waals surface area contributed by atoms with E-state index in [2.05, 4.69) is 5.32 Å². The summed E-state index contributed by atoms with van der Waals surface area (Å²) >= 11 is 6.05. The summed E-state index contributed by atoms with van der Waals surface area (Å²) in [6, 6.07) is 13.6. The molecule has 160 valence electrons. The summed E-state index contributed by atoms with van der Waals surface area (Å²) < 4.78 is 31.9. The Balaban J connectivity index is 1.74. The number of carboxylic acid groups (broad SMARTS) is 1. The Morgan fingerprint density at radius 2 is 1.74 bits per heavy atom. The number of hydrogen-bond acceptors (Lipinski definition) is 3. The van der Waals surface area contributed by atoms with Gasteiger partial charge in [0.05, 0.1) is 11.6 Å². The summed E-state index contributed by atoms with van der Waals surface area (Å²) in [6.45, 7) is 1.70. The minimum atomic E-state index is -1.03. The maximum absolute atomic E-state index is 13.4. The Kier molecular flexibility index (Phi) is 6.87. The lowest BCUT2D eigenvalue weighted by atomic mass is 10.0. The van der Waals surface area contributed by atoms with E-state index in [1.165, 1.54) is 24.3 Å². The van der Waals surface area contributed by atoms with E-state index < -0.39 is 29.6 Å². The van der Waals surface area contributed by atoms with Crippen molar-refractivity contribution in [2.24, 2.45) is 0 Å². The lowest BCUT2D eigenvalue weighted by molar-refractivity contribution is 0.0696. The number of carbonyl (C=O) groups excluding carboxylic acids is 1. The second-order valence-electron chi connectivity index (χ2n) is 6.79. The zero-order valence-electron chi connectivity index (χ0n) is 16.4. The van der Waals surface area contributed by atoms with Crippen LogP contribution < -0.4 is 10.1 Å². The van der Waals surface area contributed by atoms with Crippen LogP contribution in [-0.2, 0) is 6.61 Å². The van der Waals surface area contributed by atoms with Gasteiger partial charge in [-0.25, -0.2) is 13.6 Å². The zero-order chi connectivity index (χ0) is 22.5. The minimum absolute atomic E-state index is 0.0628. The van der Waals surface area contributed by atoms with Crippen molar-refractivity contribution in [3.05, 3.63) is 99.6 Å². The molecule has 3 aromatic rings. The van der Waals surface area contributed by atoms with Gasteiger partial charge in [-0.2, -0.15) is 0 Å². The molecule has 31 heavy (non-hydrogen) atoms. The number of nitrogens with one attached hydrogen (secondary N) is 1. The van der Waals surface area contributed by atoms with E-state index in [1.807, 2.05) is 0 Å². The van der Waals surface area contributed by atoms with Gasteiger partial charge >= 0.3 is 5.97 Å². The molecular formula is C23H18ClF2NO4. The largest absolute Gasteiger partial charge is 0.489 e. The van der Waals surface area contributed by atoms with Crippen molar-refractivity contribution < 1.29 is 28.2 Å². The monoisotopic (exact) mass is 445 g/mol. The highest BCUT2D eigenvalue weighted by Gasteiger charge is 2.17. The first-order valence-corrected chi connectivity index (χ1v) is 9.63. The Labute approximate surface area is 182 Å². The van der Waals surface area contributed by atoms with Gasteiger partial charge in [0.25, 0.3) is 5.91 Å². The second-order valence-corrected chi connectivity index (χ2v) is 7.22. The van der Waals surface area contributed by atoms with Gasteiger partial charge in [0, 0.05) is 22.2 Å². The van der Waals surface area contributed by atoms with Crippen LogP contribution in [0.25, 0.3) is 0 Å². The number of ether oxygens (including phenoxy) is 1. The standard InChI is InChI=1S/C23H18ClF2NO4/c1-13(14-2-4-15(5-3-14)23(29)30)27-22(28)19-10-17(24)7-6-16(19)12-31-18-8-9-20(25)21(26)11-18/h2-11,13H,12H2,1H3,(H,27,28)(H,29,30)/t13-/m0/s1. The first kappa shape index (κ1) is 22.2. The van der Waals surface area contributed by atoms with Gasteiger partial charge in [-0.1, -0.05) is 29.8 Å². The van der Waals surface area contributed by atoms with Crippen LogP contribution in [0.15, 0.2) is 60.7 Å². The number of benzene rings is 3. The average Bonchev–Trinajstić information content (AvgIpc) is 2.75. The van der Waals surface area contributed by atoms with Crippen molar-refractivity contribution in [1.82, 2.24) is 5.32 Å². The summed E-state index contributed by atoms with van der Waals surface area (Å²) in [6.07, 6.45) is 0. The molecule has 0 bridgehead atoms. The van der Waals surface area contributed by atoms with E-state index in [-0.39, 0.29) is 23.5 Å². The molecular weight excluding hydrogens is 428 g/mol. The Bertz CT molecular complexity index is 1120. The normalized spacial score (nSPS) is 11.6. The predicted octanol–water partition coefficient (Wildman–Crippen LogP) is 5.39. The Morgan fingerprint density at radius 3 is 2.39 bits per heavy atom. The van der Waals surface area contributed by atoms with Crippen LogP contribution in [0.1, 0.15) is 44.8 Å². The molecule has 0 heterocycles. The molecule has 1 amide bonds. The molecule has 2 N–H and O–H groups in total. The van der Waals surface area contributed by atoms with Gasteiger partial charge in [-0.15, -0.1) is 0 Å². The average molecular weight is 446 g/mol. The molecule has 0 aliphatic rings. The van der Waals surface area contributed by atoms with E-state index in [0.29, 0.717) is 10.6 Å². The minimum Gasteiger partial charge on any atom is -0.489 e. The first-order chi connectivity index (χ1) is 14.7. The first-order valence-electron chi connectivity index (χ1n) is 9.25. The molecule has 0 fully saturated rings. The number of carbonyl (C=O) groups is 2. The molecule has 0 radical (unpaired) electrons. The maximum Gasteiger partial charge on any atom is 0.335 e. The molecule has 0 unspecified atom stereocenters. The fourth-order valence-electron chi connectivity index (χ4n) is 2.89. The highest BCUT2D eigenvalue weighted by Crippen LogP contribution is 2.22. The van der Waals surface area contributed by atoms with Crippen LogP contribution in [-0.4, -0.2) is 17.0 Å². The molecule has 3 aromatic carbocycles. The molecule has 8 heteroatoms. The number of amides is 1. The van der Waals surface area contributed by atoms with Crippen molar-refractivity contribution in [2.75, 3.05) is 0 Å². The quantitative estimate of drug-likeness (QED) is 0.511. The van der Waals surface area contributed by atoms with Crippen LogP contribution >= 0.6 is 11.6 Å². The van der Waals surface area contributed by atoms with Gasteiger partial charge in [-0.3, -0.25) is 4.79 Å². The second kappa shape index (κ2) is 9.57. The topological polar surface area (TPSA) is 75.6 Å². The van der Waals surface area contributed by atoms with Crippen molar-refractivity contribution >= 4 is 23.5 Å². The molecule has 1 atom stereocenters. The van der Waals surface area contributed by atoms with Gasteiger partial charge in [-0.05, 0) is 48.9 Å². The Morgan fingerprint density at radius 1 is 1.03 bits per heavy atom. The van der Waals surface area contributed by atoms with Crippen LogP contribution in [0.3, 0.4) is 0 Å². The molecule has 0 aliphatic carbocycles. The number of aromatic carboxylic acids is 1. The smallest absolute Gasteiger partial charge is 0.335 e. The Hall–Kier alpha value is -3.45. The van der Waals surface area contributed by atoms with Gasteiger partial charge < -0.3 is 15.2 Å². The summed E-state index contributed by atoms with van der Waals surface area (Å²) in [5.74, 6) is -3.35. The molecule has 0 aromatic heterocycles. The third-order valence-electron chi connectivity index (χ3n) is 4.61. The van der Waals surface area contributed by atoms with Crippen LogP contribution in [0.4, 0.5) is 8.78 Å². The van der Waals surface area contributed by atoms with E-state index in [4.69, 9.17) is 21.4 Å².